The maximum atomic E-state index is 8.33. The number of hydrogen-bond acceptors (Lipinski definition) is 2. The lowest BCUT2D eigenvalue weighted by Crippen LogP contribution is -1.90. The van der Waals surface area contributed by atoms with Crippen LogP contribution in [0.3, 0.4) is 0 Å². The van der Waals surface area contributed by atoms with E-state index in [-0.39, 0.29) is 0 Å². The van der Waals surface area contributed by atoms with Gasteiger partial charge in [-0.2, -0.15) is 4.79 Å². The van der Waals surface area contributed by atoms with Crippen LogP contribution >= 0.6 is 0 Å². The third-order valence-corrected chi connectivity index (χ3v) is 1.58. The molecule has 1 rings (SSSR count). The minimum absolute atomic E-state index is 0.661. The second-order valence-corrected chi connectivity index (χ2v) is 2.39. The van der Waals surface area contributed by atoms with Crippen LogP contribution in [-0.4, -0.2) is 25.2 Å². The Bertz CT molecular complexity index is 321. The van der Waals surface area contributed by atoms with E-state index in [2.05, 4.69) is 4.79 Å². The van der Waals surface area contributed by atoms with Gasteiger partial charge < -0.3 is 15.0 Å². The molecule has 0 bridgehead atoms. The molecule has 0 fully saturated rings. The van der Waals surface area contributed by atoms with Crippen LogP contribution in [-0.2, 0) is 0 Å². The molecule has 0 radical (unpaired) electrons. The lowest BCUT2D eigenvalue weighted by Gasteiger charge is -2.03. The van der Waals surface area contributed by atoms with E-state index >= 15 is 0 Å². The van der Waals surface area contributed by atoms with Crippen molar-refractivity contribution in [3.05, 3.63) is 29.3 Å². The molecule has 0 aromatic heterocycles. The van der Waals surface area contributed by atoms with E-state index in [4.69, 9.17) is 15.0 Å². The summed E-state index contributed by atoms with van der Waals surface area (Å²) in [6.45, 7) is 0. The third-order valence-electron chi connectivity index (χ3n) is 1.58. The fraction of sp³-hybridized carbons (Fsp3) is 0.222. The van der Waals surface area contributed by atoms with Crippen molar-refractivity contribution in [2.75, 3.05) is 14.2 Å². The Kier molecular flexibility index (Phi) is 3.06. The number of rotatable bonds is 3. The van der Waals surface area contributed by atoms with Gasteiger partial charge in [-0.1, -0.05) is 0 Å². The van der Waals surface area contributed by atoms with Crippen LogP contribution in [0.1, 0.15) is 5.56 Å². The van der Waals surface area contributed by atoms with E-state index in [1.807, 2.05) is 0 Å². The van der Waals surface area contributed by atoms with Crippen molar-refractivity contribution in [3.63, 3.8) is 0 Å². The minimum Gasteiger partial charge on any atom is -0.497 e. The van der Waals surface area contributed by atoms with Gasteiger partial charge in [0.25, 0.3) is 6.21 Å². The van der Waals surface area contributed by atoms with Crippen LogP contribution in [0.5, 0.6) is 11.5 Å². The van der Waals surface area contributed by atoms with Gasteiger partial charge in [0.05, 0.1) is 19.8 Å². The van der Waals surface area contributed by atoms with Crippen LogP contribution in [0.25, 0.3) is 5.53 Å². The first-order valence-corrected chi connectivity index (χ1v) is 3.70. The van der Waals surface area contributed by atoms with E-state index in [0.717, 1.165) is 5.56 Å². The molecule has 4 nitrogen and oxygen atoms in total. The molecule has 13 heavy (non-hydrogen) atoms. The SMILES string of the molecule is COc1cc(C=[N+]=[N-])cc(OC)c1. The maximum absolute atomic E-state index is 8.33. The summed E-state index contributed by atoms with van der Waals surface area (Å²) in [7, 11) is 3.13. The van der Waals surface area contributed by atoms with E-state index in [1.54, 1.807) is 32.4 Å². The van der Waals surface area contributed by atoms with E-state index in [1.165, 1.54) is 6.21 Å². The van der Waals surface area contributed by atoms with E-state index in [0.29, 0.717) is 11.5 Å². The van der Waals surface area contributed by atoms with E-state index < -0.39 is 0 Å². The lowest BCUT2D eigenvalue weighted by molar-refractivity contribution is 0.00453. The van der Waals surface area contributed by atoms with Crippen molar-refractivity contribution in [3.8, 4) is 11.5 Å². The summed E-state index contributed by atoms with van der Waals surface area (Å²) in [5, 5.41) is 0. The molecule has 1 aromatic carbocycles. The van der Waals surface area contributed by atoms with Crippen molar-refractivity contribution in [1.29, 1.82) is 0 Å². The molecule has 0 aliphatic rings. The van der Waals surface area contributed by atoms with Gasteiger partial charge >= 0.3 is 0 Å². The average Bonchev–Trinajstić information content (AvgIpc) is 2.17. The summed E-state index contributed by atoms with van der Waals surface area (Å²) in [6.07, 6.45) is 1.31. The van der Waals surface area contributed by atoms with Crippen LogP contribution in [0.4, 0.5) is 0 Å². The average molecular weight is 178 g/mol. The molecule has 0 aliphatic heterocycles. The van der Waals surface area contributed by atoms with Crippen LogP contribution in [0.2, 0.25) is 0 Å². The first-order valence-electron chi connectivity index (χ1n) is 3.70. The summed E-state index contributed by atoms with van der Waals surface area (Å²) in [5.74, 6) is 1.32. The number of benzene rings is 1. The molecule has 0 unspecified atom stereocenters. The Morgan fingerprint density at radius 2 is 1.69 bits per heavy atom. The first-order chi connectivity index (χ1) is 6.30. The van der Waals surface area contributed by atoms with Gasteiger partial charge in [0.2, 0.25) is 0 Å². The molecule has 0 aliphatic carbocycles. The van der Waals surface area contributed by atoms with Crippen molar-refractivity contribution >= 4 is 6.21 Å². The van der Waals surface area contributed by atoms with Crippen LogP contribution in [0, 0.1) is 0 Å². The molecular weight excluding hydrogens is 168 g/mol. The zero-order valence-corrected chi connectivity index (χ0v) is 7.52. The molecular formula is C9H10N2O2. The highest BCUT2D eigenvalue weighted by atomic mass is 16.5. The highest BCUT2D eigenvalue weighted by Crippen LogP contribution is 2.20. The largest absolute Gasteiger partial charge is 0.497 e. The second kappa shape index (κ2) is 4.28. The maximum Gasteiger partial charge on any atom is 0.288 e. The summed E-state index contributed by atoms with van der Waals surface area (Å²) in [5.41, 5.74) is 9.06. The van der Waals surface area contributed by atoms with Crippen molar-refractivity contribution < 1.29 is 14.3 Å². The summed E-state index contributed by atoms with van der Waals surface area (Å²) >= 11 is 0. The van der Waals surface area contributed by atoms with Crippen LogP contribution < -0.4 is 9.47 Å². The third kappa shape index (κ3) is 2.32. The molecule has 0 saturated carbocycles. The smallest absolute Gasteiger partial charge is 0.288 e. The topological polar surface area (TPSA) is 54.9 Å². The Morgan fingerprint density at radius 1 is 1.15 bits per heavy atom. The van der Waals surface area contributed by atoms with Crippen LogP contribution in [0.15, 0.2) is 18.2 Å². The number of methoxy groups -OCH3 is 2. The zero-order valence-electron chi connectivity index (χ0n) is 7.52. The fourth-order valence-corrected chi connectivity index (χ4v) is 0.971. The molecule has 4 heteroatoms. The Balaban J connectivity index is 3.14. The van der Waals surface area contributed by atoms with Gasteiger partial charge in [-0.05, 0) is 12.1 Å². The fourth-order valence-electron chi connectivity index (χ4n) is 0.971. The van der Waals surface area contributed by atoms with Crippen molar-refractivity contribution in [2.45, 2.75) is 0 Å². The van der Waals surface area contributed by atoms with Gasteiger partial charge in [-0.15, -0.1) is 0 Å². The monoisotopic (exact) mass is 178 g/mol. The summed E-state index contributed by atoms with van der Waals surface area (Å²) < 4.78 is 10.0. The molecule has 68 valence electrons. The standard InChI is InChI=1S/C9H10N2O2/c1-12-8-3-7(6-11-10)4-9(5-8)13-2/h3-6H,1-2H3. The van der Waals surface area contributed by atoms with E-state index in [9.17, 15) is 0 Å². The molecule has 0 amide bonds. The van der Waals surface area contributed by atoms with Gasteiger partial charge in [0.15, 0.2) is 0 Å². The second-order valence-electron chi connectivity index (χ2n) is 2.39. The Hall–Kier alpha value is -1.80. The highest BCUT2D eigenvalue weighted by Gasteiger charge is 2.01. The minimum atomic E-state index is 0.661. The molecule has 1 aromatic rings. The Morgan fingerprint density at radius 3 is 2.08 bits per heavy atom. The molecule has 0 atom stereocenters. The number of nitrogens with zero attached hydrogens (tertiary/aromatic N) is 2. The molecule has 0 saturated heterocycles. The molecule has 0 N–H and O–H groups in total. The summed E-state index contributed by atoms with van der Waals surface area (Å²) in [4.78, 5) is 2.92. The highest BCUT2D eigenvalue weighted by molar-refractivity contribution is 5.76. The predicted molar refractivity (Wildman–Crippen MR) is 48.3 cm³/mol. The first kappa shape index (κ1) is 9.29. The summed E-state index contributed by atoms with van der Waals surface area (Å²) in [6, 6.07) is 5.22. The zero-order chi connectivity index (χ0) is 9.68. The van der Waals surface area contributed by atoms with Gasteiger partial charge in [-0.25, -0.2) is 0 Å². The van der Waals surface area contributed by atoms with Gasteiger partial charge in [0.1, 0.15) is 11.5 Å². The Labute approximate surface area is 76.3 Å². The predicted octanol–water partition coefficient (Wildman–Crippen LogP) is 1.35. The van der Waals surface area contributed by atoms with Crippen molar-refractivity contribution in [2.24, 2.45) is 0 Å². The normalized spacial score (nSPS) is 8.77. The van der Waals surface area contributed by atoms with Gasteiger partial charge in [0, 0.05) is 6.07 Å². The lowest BCUT2D eigenvalue weighted by atomic mass is 10.2. The van der Waals surface area contributed by atoms with Gasteiger partial charge in [-0.3, -0.25) is 0 Å². The quantitative estimate of drug-likeness (QED) is 0.398. The number of ether oxygens (including phenoxy) is 2. The molecule has 0 heterocycles. The van der Waals surface area contributed by atoms with Crippen molar-refractivity contribution in [1.82, 2.24) is 0 Å². The molecule has 0 spiro atoms. The number of hydrogen-bond donors (Lipinski definition) is 0.